The molecule has 6 heteroatoms. The highest BCUT2D eigenvalue weighted by Gasteiger charge is 2.19. The van der Waals surface area contributed by atoms with Crippen LogP contribution in [0.25, 0.3) is 0 Å². The van der Waals surface area contributed by atoms with Crippen molar-refractivity contribution in [2.75, 3.05) is 33.4 Å². The Morgan fingerprint density at radius 2 is 1.84 bits per heavy atom. The van der Waals surface area contributed by atoms with Gasteiger partial charge < -0.3 is 19.5 Å². The van der Waals surface area contributed by atoms with Crippen LogP contribution in [0.15, 0.2) is 42.5 Å². The summed E-state index contributed by atoms with van der Waals surface area (Å²) in [5.41, 5.74) is 2.91. The summed E-state index contributed by atoms with van der Waals surface area (Å²) in [6.45, 7) is 4.91. The Balaban J connectivity index is 1.34. The van der Waals surface area contributed by atoms with Gasteiger partial charge in [0.2, 0.25) is 0 Å². The van der Waals surface area contributed by atoms with E-state index in [1.165, 1.54) is 18.4 Å². The van der Waals surface area contributed by atoms with Gasteiger partial charge in [0, 0.05) is 31.7 Å². The third-order valence-corrected chi connectivity index (χ3v) is 5.98. The van der Waals surface area contributed by atoms with Crippen molar-refractivity contribution >= 4 is 5.91 Å². The molecule has 1 heterocycles. The summed E-state index contributed by atoms with van der Waals surface area (Å²) in [5, 5.41) is 3.02. The number of benzene rings is 2. The van der Waals surface area contributed by atoms with Crippen LogP contribution in [0.1, 0.15) is 47.2 Å². The molecule has 2 fully saturated rings. The van der Waals surface area contributed by atoms with Crippen molar-refractivity contribution < 1.29 is 19.0 Å². The second-order valence-corrected chi connectivity index (χ2v) is 8.28. The molecule has 2 aromatic carbocycles. The molecule has 1 aliphatic carbocycles. The van der Waals surface area contributed by atoms with E-state index in [4.69, 9.17) is 14.2 Å². The fourth-order valence-electron chi connectivity index (χ4n) is 4.23. The first-order valence-electron chi connectivity index (χ1n) is 11.2. The van der Waals surface area contributed by atoms with Gasteiger partial charge in [-0.25, -0.2) is 0 Å². The minimum atomic E-state index is -0.121. The van der Waals surface area contributed by atoms with Gasteiger partial charge >= 0.3 is 0 Å². The van der Waals surface area contributed by atoms with Crippen molar-refractivity contribution in [3.63, 3.8) is 0 Å². The van der Waals surface area contributed by atoms with Gasteiger partial charge in [-0.3, -0.25) is 9.69 Å². The Labute approximate surface area is 184 Å². The van der Waals surface area contributed by atoms with E-state index in [-0.39, 0.29) is 12.0 Å². The number of morpholine rings is 1. The van der Waals surface area contributed by atoms with Crippen molar-refractivity contribution in [3.05, 3.63) is 59.2 Å². The zero-order chi connectivity index (χ0) is 21.5. The van der Waals surface area contributed by atoms with Crippen LogP contribution in [0, 0.1) is 0 Å². The monoisotopic (exact) mass is 424 g/mol. The SMILES string of the molecule is COc1cc(C(=O)NCc2cccc(CN3CCOCC3)c2)ccc1OC1CCCC1. The molecule has 2 aromatic rings. The van der Waals surface area contributed by atoms with E-state index >= 15 is 0 Å². The quantitative estimate of drug-likeness (QED) is 0.699. The number of hydrogen-bond donors (Lipinski definition) is 1. The van der Waals surface area contributed by atoms with Crippen LogP contribution in [0.2, 0.25) is 0 Å². The van der Waals surface area contributed by atoms with Crippen LogP contribution >= 0.6 is 0 Å². The fourth-order valence-corrected chi connectivity index (χ4v) is 4.23. The molecule has 4 rings (SSSR count). The van der Waals surface area contributed by atoms with Crippen LogP contribution in [-0.4, -0.2) is 50.3 Å². The summed E-state index contributed by atoms with van der Waals surface area (Å²) in [4.78, 5) is 15.1. The molecule has 166 valence electrons. The zero-order valence-electron chi connectivity index (χ0n) is 18.3. The van der Waals surface area contributed by atoms with Gasteiger partial charge in [-0.05, 0) is 55.0 Å². The molecule has 0 unspecified atom stereocenters. The number of rotatable bonds is 8. The maximum absolute atomic E-state index is 12.7. The highest BCUT2D eigenvalue weighted by Crippen LogP contribution is 2.32. The number of ether oxygens (including phenoxy) is 3. The smallest absolute Gasteiger partial charge is 0.251 e. The largest absolute Gasteiger partial charge is 0.493 e. The van der Waals surface area contributed by atoms with Crippen LogP contribution in [0.4, 0.5) is 0 Å². The van der Waals surface area contributed by atoms with E-state index in [0.29, 0.717) is 23.6 Å². The molecule has 31 heavy (non-hydrogen) atoms. The molecule has 0 atom stereocenters. The molecule has 0 radical (unpaired) electrons. The zero-order valence-corrected chi connectivity index (χ0v) is 18.3. The maximum atomic E-state index is 12.7. The minimum absolute atomic E-state index is 0.121. The molecule has 1 N–H and O–H groups in total. The topological polar surface area (TPSA) is 60.0 Å². The van der Waals surface area contributed by atoms with E-state index in [0.717, 1.165) is 51.3 Å². The summed E-state index contributed by atoms with van der Waals surface area (Å²) in [5.74, 6) is 1.19. The summed E-state index contributed by atoms with van der Waals surface area (Å²) >= 11 is 0. The first-order chi connectivity index (χ1) is 15.2. The summed E-state index contributed by atoms with van der Waals surface area (Å²) in [7, 11) is 1.61. The van der Waals surface area contributed by atoms with E-state index in [1.54, 1.807) is 19.2 Å². The number of hydrogen-bond acceptors (Lipinski definition) is 5. The Morgan fingerprint density at radius 3 is 2.61 bits per heavy atom. The van der Waals surface area contributed by atoms with Crippen LogP contribution in [-0.2, 0) is 17.8 Å². The second-order valence-electron chi connectivity index (χ2n) is 8.28. The van der Waals surface area contributed by atoms with Crippen molar-refractivity contribution in [1.29, 1.82) is 0 Å². The fraction of sp³-hybridized carbons (Fsp3) is 0.480. The number of amides is 1. The molecule has 1 amide bonds. The lowest BCUT2D eigenvalue weighted by Gasteiger charge is -2.26. The molecule has 2 aliphatic rings. The molecule has 0 bridgehead atoms. The standard InChI is InChI=1S/C25H32N2O4/c1-29-24-16-21(9-10-23(24)31-22-7-2-3-8-22)25(28)26-17-19-5-4-6-20(15-19)18-27-11-13-30-14-12-27/h4-6,9-10,15-16,22H,2-3,7-8,11-14,17-18H2,1H3,(H,26,28). The average molecular weight is 425 g/mol. The van der Waals surface area contributed by atoms with Gasteiger partial charge in [0.25, 0.3) is 5.91 Å². The van der Waals surface area contributed by atoms with Crippen LogP contribution in [0.5, 0.6) is 11.5 Å². The Kier molecular flexibility index (Phi) is 7.43. The van der Waals surface area contributed by atoms with Crippen molar-refractivity contribution in [2.45, 2.75) is 44.9 Å². The molecular formula is C25H32N2O4. The van der Waals surface area contributed by atoms with Crippen LogP contribution in [0.3, 0.4) is 0 Å². The van der Waals surface area contributed by atoms with E-state index in [1.807, 2.05) is 12.1 Å². The Hall–Kier alpha value is -2.57. The van der Waals surface area contributed by atoms with Crippen LogP contribution < -0.4 is 14.8 Å². The maximum Gasteiger partial charge on any atom is 0.251 e. The number of nitrogens with one attached hydrogen (secondary N) is 1. The predicted molar refractivity (Wildman–Crippen MR) is 120 cm³/mol. The molecular weight excluding hydrogens is 392 g/mol. The van der Waals surface area contributed by atoms with Gasteiger partial charge in [-0.15, -0.1) is 0 Å². The molecule has 0 spiro atoms. The van der Waals surface area contributed by atoms with E-state index in [2.05, 4.69) is 28.4 Å². The molecule has 1 aliphatic heterocycles. The number of nitrogens with zero attached hydrogens (tertiary/aromatic N) is 1. The summed E-state index contributed by atoms with van der Waals surface area (Å²) in [6.07, 6.45) is 4.83. The minimum Gasteiger partial charge on any atom is -0.493 e. The van der Waals surface area contributed by atoms with E-state index < -0.39 is 0 Å². The average Bonchev–Trinajstić information content (AvgIpc) is 3.32. The van der Waals surface area contributed by atoms with Gasteiger partial charge in [-0.2, -0.15) is 0 Å². The number of carbonyl (C=O) groups excluding carboxylic acids is 1. The lowest BCUT2D eigenvalue weighted by Crippen LogP contribution is -2.35. The van der Waals surface area contributed by atoms with Crippen molar-refractivity contribution in [1.82, 2.24) is 10.2 Å². The molecule has 0 aromatic heterocycles. The normalized spacial score (nSPS) is 17.5. The number of methoxy groups -OCH3 is 1. The van der Waals surface area contributed by atoms with Crippen molar-refractivity contribution in [3.8, 4) is 11.5 Å². The van der Waals surface area contributed by atoms with Crippen molar-refractivity contribution in [2.24, 2.45) is 0 Å². The third-order valence-electron chi connectivity index (χ3n) is 5.98. The lowest BCUT2D eigenvalue weighted by molar-refractivity contribution is 0.0342. The first-order valence-corrected chi connectivity index (χ1v) is 11.2. The Bertz CT molecular complexity index is 874. The van der Waals surface area contributed by atoms with E-state index in [9.17, 15) is 4.79 Å². The van der Waals surface area contributed by atoms with Gasteiger partial charge in [0.05, 0.1) is 26.4 Å². The van der Waals surface area contributed by atoms with Gasteiger partial charge in [0.1, 0.15) is 0 Å². The number of carbonyl (C=O) groups is 1. The van der Waals surface area contributed by atoms with Gasteiger partial charge in [0.15, 0.2) is 11.5 Å². The Morgan fingerprint density at radius 1 is 1.06 bits per heavy atom. The lowest BCUT2D eigenvalue weighted by atomic mass is 10.1. The highest BCUT2D eigenvalue weighted by molar-refractivity contribution is 5.94. The summed E-state index contributed by atoms with van der Waals surface area (Å²) < 4.78 is 17.0. The van der Waals surface area contributed by atoms with Gasteiger partial charge in [-0.1, -0.05) is 24.3 Å². The molecule has 6 nitrogen and oxygen atoms in total. The first kappa shape index (κ1) is 21.7. The summed E-state index contributed by atoms with van der Waals surface area (Å²) in [6, 6.07) is 13.8. The third kappa shape index (κ3) is 5.99. The molecule has 1 saturated carbocycles. The predicted octanol–water partition coefficient (Wildman–Crippen LogP) is 3.78. The second kappa shape index (κ2) is 10.6. The highest BCUT2D eigenvalue weighted by atomic mass is 16.5. The molecule has 1 saturated heterocycles.